The van der Waals surface area contributed by atoms with Gasteiger partial charge in [-0.1, -0.05) is 6.07 Å². The molecule has 1 aliphatic rings. The molecule has 1 saturated carbocycles. The molecule has 3 aromatic rings. The van der Waals surface area contributed by atoms with Crippen LogP contribution in [-0.4, -0.2) is 36.5 Å². The highest BCUT2D eigenvalue weighted by Gasteiger charge is 2.37. The number of hydrogen-bond donors (Lipinski definition) is 2. The van der Waals surface area contributed by atoms with E-state index in [1.165, 1.54) is 0 Å². The normalized spacial score (nSPS) is 20.9. The van der Waals surface area contributed by atoms with Gasteiger partial charge in [-0.3, -0.25) is 14.2 Å². The fourth-order valence-electron chi connectivity index (χ4n) is 3.38. The van der Waals surface area contributed by atoms with Crippen molar-refractivity contribution >= 4 is 11.7 Å². The minimum Gasteiger partial charge on any atom is -0.393 e. The van der Waals surface area contributed by atoms with Crippen LogP contribution in [0, 0.1) is 12.8 Å². The number of aromatic nitrogens is 4. The Morgan fingerprint density at radius 3 is 2.80 bits per heavy atom. The van der Waals surface area contributed by atoms with Crippen LogP contribution in [-0.2, 0) is 0 Å². The Morgan fingerprint density at radius 2 is 2.08 bits per heavy atom. The molecule has 1 atom stereocenters. The van der Waals surface area contributed by atoms with Crippen molar-refractivity contribution in [1.82, 2.24) is 24.7 Å². The lowest BCUT2D eigenvalue weighted by Crippen LogP contribution is -2.42. The molecule has 0 spiro atoms. The van der Waals surface area contributed by atoms with Crippen molar-refractivity contribution in [3.63, 3.8) is 0 Å². The van der Waals surface area contributed by atoms with Gasteiger partial charge in [-0.05, 0) is 43.9 Å². The first-order chi connectivity index (χ1) is 12.1. The lowest BCUT2D eigenvalue weighted by Gasteiger charge is -2.37. The van der Waals surface area contributed by atoms with Crippen molar-refractivity contribution in [3.8, 4) is 0 Å². The second-order valence-corrected chi connectivity index (χ2v) is 6.43. The molecule has 1 fully saturated rings. The van der Waals surface area contributed by atoms with Gasteiger partial charge in [0.15, 0.2) is 0 Å². The third kappa shape index (κ3) is 2.87. The second-order valence-electron chi connectivity index (χ2n) is 6.43. The van der Waals surface area contributed by atoms with Crippen molar-refractivity contribution < 1.29 is 9.90 Å². The summed E-state index contributed by atoms with van der Waals surface area (Å²) in [6, 6.07) is 7.18. The van der Waals surface area contributed by atoms with E-state index >= 15 is 0 Å². The molecule has 0 unspecified atom stereocenters. The van der Waals surface area contributed by atoms with E-state index in [4.69, 9.17) is 0 Å². The third-order valence-corrected chi connectivity index (χ3v) is 4.71. The summed E-state index contributed by atoms with van der Waals surface area (Å²) in [7, 11) is 0. The molecule has 0 aromatic carbocycles. The number of fused-ring (bicyclic) bond motifs is 1. The van der Waals surface area contributed by atoms with Gasteiger partial charge in [0, 0.05) is 18.6 Å². The smallest absolute Gasteiger partial charge is 0.270 e. The van der Waals surface area contributed by atoms with Crippen LogP contribution in [0.15, 0.2) is 42.9 Å². The summed E-state index contributed by atoms with van der Waals surface area (Å²) >= 11 is 0. The fraction of sp³-hybridized carbons (Fsp3) is 0.333. The number of aryl methyl sites for hydroxylation is 1. The van der Waals surface area contributed by atoms with E-state index in [2.05, 4.69) is 20.3 Å². The van der Waals surface area contributed by atoms with E-state index in [0.717, 1.165) is 5.69 Å². The molecule has 0 bridgehead atoms. The minimum atomic E-state index is -0.296. The lowest BCUT2D eigenvalue weighted by molar-refractivity contribution is 0.0227. The van der Waals surface area contributed by atoms with E-state index in [9.17, 15) is 9.90 Å². The minimum absolute atomic E-state index is 0.173. The number of carbonyl (C=O) groups excluding carboxylic acids is 1. The Morgan fingerprint density at radius 1 is 1.28 bits per heavy atom. The number of imidazole rings is 1. The summed E-state index contributed by atoms with van der Waals surface area (Å²) in [4.78, 5) is 25.9. The largest absolute Gasteiger partial charge is 0.393 e. The average molecular weight is 337 g/mol. The molecule has 128 valence electrons. The molecule has 4 rings (SSSR count). The van der Waals surface area contributed by atoms with Crippen LogP contribution in [0.1, 0.15) is 40.8 Å². The van der Waals surface area contributed by atoms with Gasteiger partial charge in [0.1, 0.15) is 5.69 Å². The summed E-state index contributed by atoms with van der Waals surface area (Å²) in [6.45, 7) is 1.80. The number of carbonyl (C=O) groups is 1. The molecule has 3 heterocycles. The molecular formula is C18H19N5O2. The predicted octanol–water partition coefficient (Wildman–Crippen LogP) is 1.67. The number of nitrogens with one attached hydrogen (secondary N) is 1. The maximum atomic E-state index is 13.0. The van der Waals surface area contributed by atoms with Crippen molar-refractivity contribution in [1.29, 1.82) is 0 Å². The van der Waals surface area contributed by atoms with E-state index in [1.54, 1.807) is 36.0 Å². The summed E-state index contributed by atoms with van der Waals surface area (Å²) in [6.07, 6.45) is 6.17. The van der Waals surface area contributed by atoms with Gasteiger partial charge in [0.2, 0.25) is 5.78 Å². The first kappa shape index (κ1) is 15.7. The number of pyridine rings is 1. The molecule has 1 amide bonds. The van der Waals surface area contributed by atoms with Crippen LogP contribution in [0.3, 0.4) is 0 Å². The zero-order valence-electron chi connectivity index (χ0n) is 13.8. The van der Waals surface area contributed by atoms with Gasteiger partial charge in [-0.15, -0.1) is 0 Å². The Labute approximate surface area is 144 Å². The quantitative estimate of drug-likeness (QED) is 0.755. The van der Waals surface area contributed by atoms with Crippen molar-refractivity contribution in [2.75, 3.05) is 0 Å². The Kier molecular flexibility index (Phi) is 3.93. The third-order valence-electron chi connectivity index (χ3n) is 4.71. The molecule has 7 nitrogen and oxygen atoms in total. The first-order valence-electron chi connectivity index (χ1n) is 8.33. The molecule has 1 aliphatic carbocycles. The highest BCUT2D eigenvalue weighted by atomic mass is 16.3. The van der Waals surface area contributed by atoms with Crippen molar-refractivity contribution in [2.24, 2.45) is 5.92 Å². The van der Waals surface area contributed by atoms with Gasteiger partial charge in [0.05, 0.1) is 23.5 Å². The predicted molar refractivity (Wildman–Crippen MR) is 90.9 cm³/mol. The molecule has 0 saturated heterocycles. The topological polar surface area (TPSA) is 92.4 Å². The SMILES string of the molecule is Cc1nc2ncccn2c1C(=O)N[C@@H](c1ccccn1)C1CC(O)C1. The number of rotatable bonds is 4. The zero-order valence-corrected chi connectivity index (χ0v) is 13.8. The van der Waals surface area contributed by atoms with Gasteiger partial charge in [-0.2, -0.15) is 0 Å². The maximum Gasteiger partial charge on any atom is 0.270 e. The standard InChI is InChI=1S/C18H19N5O2/c1-11-16(23-8-4-7-20-18(23)21-11)17(25)22-15(12-9-13(24)10-12)14-5-2-3-6-19-14/h2-8,12-13,15,24H,9-10H2,1H3,(H,22,25)/t12?,13?,15-/m1/s1. The Balaban J connectivity index is 1.65. The highest BCUT2D eigenvalue weighted by Crippen LogP contribution is 2.37. The van der Waals surface area contributed by atoms with Gasteiger partial charge in [-0.25, -0.2) is 9.97 Å². The van der Waals surface area contributed by atoms with Crippen LogP contribution >= 0.6 is 0 Å². The molecular weight excluding hydrogens is 318 g/mol. The van der Waals surface area contributed by atoms with Crippen LogP contribution in [0.4, 0.5) is 0 Å². The molecule has 25 heavy (non-hydrogen) atoms. The summed E-state index contributed by atoms with van der Waals surface area (Å²) in [5, 5.41) is 12.8. The van der Waals surface area contributed by atoms with Crippen LogP contribution in [0.25, 0.3) is 5.78 Å². The number of hydrogen-bond acceptors (Lipinski definition) is 5. The number of amides is 1. The molecule has 0 aliphatic heterocycles. The van der Waals surface area contributed by atoms with Gasteiger partial charge < -0.3 is 10.4 Å². The van der Waals surface area contributed by atoms with Gasteiger partial charge >= 0.3 is 0 Å². The van der Waals surface area contributed by atoms with E-state index in [0.29, 0.717) is 30.0 Å². The summed E-state index contributed by atoms with van der Waals surface area (Å²) < 4.78 is 1.69. The van der Waals surface area contributed by atoms with Crippen molar-refractivity contribution in [2.45, 2.75) is 31.9 Å². The molecule has 3 aromatic heterocycles. The maximum absolute atomic E-state index is 13.0. The van der Waals surface area contributed by atoms with E-state index in [-0.39, 0.29) is 24.0 Å². The van der Waals surface area contributed by atoms with Crippen molar-refractivity contribution in [3.05, 3.63) is 59.9 Å². The lowest BCUT2D eigenvalue weighted by atomic mass is 9.76. The number of aliphatic hydroxyl groups excluding tert-OH is 1. The zero-order chi connectivity index (χ0) is 17.4. The summed E-state index contributed by atoms with van der Waals surface area (Å²) in [5.41, 5.74) is 1.91. The fourth-order valence-corrected chi connectivity index (χ4v) is 3.38. The number of aliphatic hydroxyl groups is 1. The summed E-state index contributed by atoms with van der Waals surface area (Å²) in [5.74, 6) is 0.458. The molecule has 2 N–H and O–H groups in total. The van der Waals surface area contributed by atoms with Crippen LogP contribution < -0.4 is 5.32 Å². The average Bonchev–Trinajstić information content (AvgIpc) is 2.93. The first-order valence-corrected chi connectivity index (χ1v) is 8.33. The second kappa shape index (κ2) is 6.25. The molecule has 7 heteroatoms. The van der Waals surface area contributed by atoms with Gasteiger partial charge in [0.25, 0.3) is 5.91 Å². The monoisotopic (exact) mass is 337 g/mol. The Bertz CT molecular complexity index is 902. The van der Waals surface area contributed by atoms with E-state index < -0.39 is 0 Å². The Hall–Kier alpha value is -2.80. The highest BCUT2D eigenvalue weighted by molar-refractivity contribution is 5.94. The van der Waals surface area contributed by atoms with Crippen LogP contribution in [0.2, 0.25) is 0 Å². The van der Waals surface area contributed by atoms with Crippen LogP contribution in [0.5, 0.6) is 0 Å². The van der Waals surface area contributed by atoms with E-state index in [1.807, 2.05) is 18.2 Å². The molecule has 0 radical (unpaired) electrons. The number of nitrogens with zero attached hydrogens (tertiary/aromatic N) is 4.